The van der Waals surface area contributed by atoms with Crippen LogP contribution >= 0.6 is 28.1 Å². The van der Waals surface area contributed by atoms with E-state index in [1.54, 1.807) is 12.4 Å². The molecular formula is C9H6BrN3S. The minimum absolute atomic E-state index is 0.488. The Balaban J connectivity index is 2.43. The van der Waals surface area contributed by atoms with E-state index in [1.165, 1.54) is 0 Å². The minimum atomic E-state index is -0.488. The summed E-state index contributed by atoms with van der Waals surface area (Å²) < 4.78 is -0.488. The van der Waals surface area contributed by atoms with E-state index in [9.17, 15) is 0 Å². The molecule has 1 atom stereocenters. The Hall–Kier alpha value is -0.900. The fraction of sp³-hybridized carbons (Fsp3) is 0.222. The van der Waals surface area contributed by atoms with Gasteiger partial charge in [0, 0.05) is 18.8 Å². The van der Waals surface area contributed by atoms with Gasteiger partial charge in [0.25, 0.3) is 0 Å². The summed E-state index contributed by atoms with van der Waals surface area (Å²) >= 11 is 8.06. The standard InChI is InChI=1S/C9H6BrN3S/c10-9(13-6-14)2-1-7-8(5-9)12-4-3-11-7/h1-4H,5H2. The molecule has 0 aromatic carbocycles. The molecule has 70 valence electrons. The van der Waals surface area contributed by atoms with Crippen molar-refractivity contribution >= 4 is 39.4 Å². The number of isothiocyanates is 1. The first-order valence-electron chi connectivity index (χ1n) is 4.01. The third-order valence-corrected chi connectivity index (χ3v) is 2.76. The monoisotopic (exact) mass is 267 g/mol. The van der Waals surface area contributed by atoms with E-state index < -0.39 is 4.45 Å². The quantitative estimate of drug-likeness (QED) is 0.339. The number of hydrogen-bond donors (Lipinski definition) is 0. The van der Waals surface area contributed by atoms with Gasteiger partial charge in [0.1, 0.15) is 4.45 Å². The number of halogens is 1. The Kier molecular flexibility index (Phi) is 2.54. The fourth-order valence-corrected chi connectivity index (χ4v) is 2.07. The van der Waals surface area contributed by atoms with Gasteiger partial charge in [-0.25, -0.2) is 4.99 Å². The van der Waals surface area contributed by atoms with Gasteiger partial charge in [-0.3, -0.25) is 9.97 Å². The molecule has 0 saturated carbocycles. The molecule has 1 heterocycles. The molecule has 0 spiro atoms. The van der Waals surface area contributed by atoms with Crippen LogP contribution in [0.5, 0.6) is 0 Å². The van der Waals surface area contributed by atoms with Crippen molar-refractivity contribution in [2.45, 2.75) is 10.9 Å². The van der Waals surface area contributed by atoms with Crippen molar-refractivity contribution in [3.63, 3.8) is 0 Å². The van der Waals surface area contributed by atoms with E-state index >= 15 is 0 Å². The van der Waals surface area contributed by atoms with Crippen LogP contribution in [0.1, 0.15) is 11.4 Å². The van der Waals surface area contributed by atoms with Crippen LogP contribution in [-0.2, 0) is 6.42 Å². The molecule has 1 unspecified atom stereocenters. The Morgan fingerprint density at radius 2 is 2.29 bits per heavy atom. The van der Waals surface area contributed by atoms with Crippen LogP contribution < -0.4 is 0 Å². The maximum atomic E-state index is 4.59. The molecule has 1 aromatic heterocycles. The number of rotatable bonds is 1. The summed E-state index contributed by atoms with van der Waals surface area (Å²) in [6.07, 6.45) is 7.79. The highest BCUT2D eigenvalue weighted by atomic mass is 79.9. The topological polar surface area (TPSA) is 38.1 Å². The van der Waals surface area contributed by atoms with Crippen molar-refractivity contribution in [1.29, 1.82) is 0 Å². The normalized spacial score (nSPS) is 23.8. The van der Waals surface area contributed by atoms with Crippen molar-refractivity contribution < 1.29 is 0 Å². The van der Waals surface area contributed by atoms with Crippen LogP contribution in [0.25, 0.3) is 6.08 Å². The highest BCUT2D eigenvalue weighted by Crippen LogP contribution is 2.31. The average Bonchev–Trinajstić information content (AvgIpc) is 2.17. The summed E-state index contributed by atoms with van der Waals surface area (Å²) in [5, 5.41) is 2.37. The third-order valence-electron chi connectivity index (χ3n) is 1.95. The number of nitrogens with zero attached hydrogens (tertiary/aromatic N) is 3. The first kappa shape index (κ1) is 9.65. The van der Waals surface area contributed by atoms with Crippen LogP contribution in [0.15, 0.2) is 23.5 Å². The van der Waals surface area contributed by atoms with Gasteiger partial charge in [-0.1, -0.05) is 15.9 Å². The summed E-state index contributed by atoms with van der Waals surface area (Å²) in [6.45, 7) is 0. The van der Waals surface area contributed by atoms with E-state index in [2.05, 4.69) is 48.3 Å². The Labute approximate surface area is 95.1 Å². The zero-order valence-electron chi connectivity index (χ0n) is 7.14. The van der Waals surface area contributed by atoms with Gasteiger partial charge in [0.2, 0.25) is 0 Å². The molecule has 14 heavy (non-hydrogen) atoms. The lowest BCUT2D eigenvalue weighted by Gasteiger charge is -2.21. The van der Waals surface area contributed by atoms with Crippen molar-refractivity contribution in [3.8, 4) is 0 Å². The number of fused-ring (bicyclic) bond motifs is 1. The maximum absolute atomic E-state index is 4.59. The molecule has 0 saturated heterocycles. The van der Waals surface area contributed by atoms with Crippen LogP contribution in [-0.4, -0.2) is 19.6 Å². The van der Waals surface area contributed by atoms with Gasteiger partial charge < -0.3 is 0 Å². The maximum Gasteiger partial charge on any atom is 0.149 e. The number of thiocarbonyl (C=S) groups is 1. The van der Waals surface area contributed by atoms with Crippen molar-refractivity contribution in [3.05, 3.63) is 29.9 Å². The van der Waals surface area contributed by atoms with Crippen molar-refractivity contribution in [2.75, 3.05) is 0 Å². The largest absolute Gasteiger partial charge is 0.257 e. The van der Waals surface area contributed by atoms with E-state index in [-0.39, 0.29) is 0 Å². The molecule has 0 fully saturated rings. The van der Waals surface area contributed by atoms with Crippen LogP contribution in [0, 0.1) is 0 Å². The smallest absolute Gasteiger partial charge is 0.149 e. The van der Waals surface area contributed by atoms with Crippen molar-refractivity contribution in [2.24, 2.45) is 4.99 Å². The van der Waals surface area contributed by atoms with E-state index in [0.29, 0.717) is 6.42 Å². The summed E-state index contributed by atoms with van der Waals surface area (Å²) in [5.74, 6) is 0. The predicted octanol–water partition coefficient (Wildman–Crippen LogP) is 2.24. The van der Waals surface area contributed by atoms with Gasteiger partial charge in [0.05, 0.1) is 16.5 Å². The minimum Gasteiger partial charge on any atom is -0.257 e. The summed E-state index contributed by atoms with van der Waals surface area (Å²) in [5.41, 5.74) is 1.81. The zero-order chi connectivity index (χ0) is 10.0. The summed E-state index contributed by atoms with van der Waals surface area (Å²) in [6, 6.07) is 0. The third kappa shape index (κ3) is 1.80. The lowest BCUT2D eigenvalue weighted by atomic mass is 10.0. The first-order valence-corrected chi connectivity index (χ1v) is 5.21. The van der Waals surface area contributed by atoms with Gasteiger partial charge >= 0.3 is 0 Å². The SMILES string of the molecule is S=C=NC1(Br)C=Cc2nccnc2C1. The molecule has 1 aliphatic rings. The Bertz CT molecular complexity index is 439. The van der Waals surface area contributed by atoms with E-state index in [4.69, 9.17) is 0 Å². The molecular weight excluding hydrogens is 262 g/mol. The Morgan fingerprint density at radius 1 is 1.50 bits per heavy atom. The van der Waals surface area contributed by atoms with Gasteiger partial charge in [-0.15, -0.1) is 0 Å². The van der Waals surface area contributed by atoms with Gasteiger partial charge in [-0.05, 0) is 24.4 Å². The first-order chi connectivity index (χ1) is 6.73. The summed E-state index contributed by atoms with van der Waals surface area (Å²) in [7, 11) is 0. The molecule has 0 bridgehead atoms. The molecule has 2 rings (SSSR count). The molecule has 1 aromatic rings. The predicted molar refractivity (Wildman–Crippen MR) is 61.5 cm³/mol. The van der Waals surface area contributed by atoms with E-state index in [0.717, 1.165) is 11.4 Å². The van der Waals surface area contributed by atoms with Crippen LogP contribution in [0.3, 0.4) is 0 Å². The number of aliphatic imine (C=N–C) groups is 1. The number of aromatic nitrogens is 2. The van der Waals surface area contributed by atoms with Gasteiger partial charge in [0.15, 0.2) is 0 Å². The zero-order valence-corrected chi connectivity index (χ0v) is 9.55. The van der Waals surface area contributed by atoms with E-state index in [1.807, 2.05) is 12.2 Å². The second-order valence-electron chi connectivity index (χ2n) is 2.92. The highest BCUT2D eigenvalue weighted by molar-refractivity contribution is 9.10. The van der Waals surface area contributed by atoms with Crippen molar-refractivity contribution in [1.82, 2.24) is 9.97 Å². The molecule has 0 N–H and O–H groups in total. The Morgan fingerprint density at radius 3 is 3.07 bits per heavy atom. The molecule has 0 amide bonds. The number of hydrogen-bond acceptors (Lipinski definition) is 4. The lowest BCUT2D eigenvalue weighted by Crippen LogP contribution is -2.22. The molecule has 5 heteroatoms. The highest BCUT2D eigenvalue weighted by Gasteiger charge is 2.28. The van der Waals surface area contributed by atoms with Crippen LogP contribution in [0.4, 0.5) is 0 Å². The molecule has 3 nitrogen and oxygen atoms in total. The molecule has 0 aliphatic heterocycles. The van der Waals surface area contributed by atoms with Crippen LogP contribution in [0.2, 0.25) is 0 Å². The lowest BCUT2D eigenvalue weighted by molar-refractivity contribution is 0.734. The molecule has 1 aliphatic carbocycles. The second kappa shape index (κ2) is 3.69. The summed E-state index contributed by atoms with van der Waals surface area (Å²) in [4.78, 5) is 12.5. The number of alkyl halides is 1. The second-order valence-corrected chi connectivity index (χ2v) is 4.48. The average molecular weight is 268 g/mol. The molecule has 0 radical (unpaired) electrons. The van der Waals surface area contributed by atoms with Gasteiger partial charge in [-0.2, -0.15) is 0 Å². The fourth-order valence-electron chi connectivity index (χ4n) is 1.31.